The first-order valence-corrected chi connectivity index (χ1v) is 6.20. The number of imidazole rings is 1. The van der Waals surface area contributed by atoms with Gasteiger partial charge in [-0.15, -0.1) is 11.6 Å². The third-order valence-electron chi connectivity index (χ3n) is 2.79. The van der Waals surface area contributed by atoms with Crippen LogP contribution in [0.1, 0.15) is 11.5 Å². The minimum Gasteiger partial charge on any atom is -0.481 e. The lowest BCUT2D eigenvalue weighted by atomic mass is 10.4. The van der Waals surface area contributed by atoms with E-state index in [1.807, 2.05) is 10.6 Å². The van der Waals surface area contributed by atoms with E-state index in [-0.39, 0.29) is 0 Å². The quantitative estimate of drug-likeness (QED) is 0.685. The van der Waals surface area contributed by atoms with E-state index >= 15 is 0 Å². The van der Waals surface area contributed by atoms with Crippen molar-refractivity contribution >= 4 is 22.8 Å². The summed E-state index contributed by atoms with van der Waals surface area (Å²) in [5.74, 6) is 1.58. The van der Waals surface area contributed by atoms with Crippen LogP contribution in [-0.2, 0) is 12.4 Å². The topological polar surface area (TPSA) is 66.0 Å². The molecule has 0 spiro atoms. The third kappa shape index (κ3) is 2.15. The second-order valence-corrected chi connectivity index (χ2v) is 4.20. The number of hydrogen-bond acceptors (Lipinski definition) is 5. The number of pyridine rings is 1. The highest BCUT2D eigenvalue weighted by Gasteiger charge is 2.13. The fraction of sp³-hybridized carbons (Fsp3) is 0.250. The fourth-order valence-corrected chi connectivity index (χ4v) is 2.10. The van der Waals surface area contributed by atoms with Crippen molar-refractivity contribution in [2.45, 2.75) is 12.4 Å². The van der Waals surface area contributed by atoms with Crippen molar-refractivity contribution in [3.05, 3.63) is 36.0 Å². The van der Waals surface area contributed by atoms with Gasteiger partial charge in [0.2, 0.25) is 5.88 Å². The van der Waals surface area contributed by atoms with Crippen LogP contribution in [-0.4, -0.2) is 26.8 Å². The highest BCUT2D eigenvalue weighted by Crippen LogP contribution is 2.20. The number of methoxy groups -OCH3 is 1. The van der Waals surface area contributed by atoms with E-state index < -0.39 is 0 Å². The minimum atomic E-state index is 0.302. The van der Waals surface area contributed by atoms with Crippen LogP contribution in [0.3, 0.4) is 0 Å². The van der Waals surface area contributed by atoms with Gasteiger partial charge in [-0.1, -0.05) is 5.16 Å². The molecule has 3 aromatic rings. The van der Waals surface area contributed by atoms with E-state index in [0.717, 1.165) is 22.7 Å². The molecular formula is C12H11ClN4O2. The Morgan fingerprint density at radius 2 is 2.21 bits per heavy atom. The van der Waals surface area contributed by atoms with E-state index in [4.69, 9.17) is 20.9 Å². The highest BCUT2D eigenvalue weighted by molar-refractivity contribution is 6.16. The third-order valence-corrected chi connectivity index (χ3v) is 3.02. The SMILES string of the molecule is COc1ccc2nc(CCl)n(Cc3ccon3)c2n1. The molecule has 3 aromatic heterocycles. The number of fused-ring (bicyclic) bond motifs is 1. The Balaban J connectivity index is 2.13. The first-order chi connectivity index (χ1) is 9.31. The van der Waals surface area contributed by atoms with Crippen molar-refractivity contribution in [3.63, 3.8) is 0 Å². The molecule has 0 saturated heterocycles. The number of aromatic nitrogens is 4. The molecule has 7 heteroatoms. The van der Waals surface area contributed by atoms with Gasteiger partial charge in [0.1, 0.15) is 23.3 Å². The molecule has 0 fully saturated rings. The van der Waals surface area contributed by atoms with Crippen LogP contribution in [0, 0.1) is 0 Å². The highest BCUT2D eigenvalue weighted by atomic mass is 35.5. The van der Waals surface area contributed by atoms with Gasteiger partial charge in [-0.2, -0.15) is 4.98 Å². The molecule has 0 aliphatic carbocycles. The zero-order valence-electron chi connectivity index (χ0n) is 10.2. The molecular weight excluding hydrogens is 268 g/mol. The van der Waals surface area contributed by atoms with E-state index in [2.05, 4.69) is 15.1 Å². The minimum absolute atomic E-state index is 0.302. The number of ether oxygens (including phenoxy) is 1. The van der Waals surface area contributed by atoms with Gasteiger partial charge in [0.05, 0.1) is 19.5 Å². The van der Waals surface area contributed by atoms with Gasteiger partial charge >= 0.3 is 0 Å². The molecule has 0 amide bonds. The second-order valence-electron chi connectivity index (χ2n) is 3.93. The van der Waals surface area contributed by atoms with Gasteiger partial charge in [-0.05, 0) is 6.07 Å². The Morgan fingerprint density at radius 1 is 1.32 bits per heavy atom. The molecule has 3 heterocycles. The van der Waals surface area contributed by atoms with E-state index in [9.17, 15) is 0 Å². The second kappa shape index (κ2) is 4.89. The van der Waals surface area contributed by atoms with Crippen molar-refractivity contribution in [3.8, 4) is 5.88 Å². The largest absolute Gasteiger partial charge is 0.481 e. The molecule has 98 valence electrons. The number of halogens is 1. The summed E-state index contributed by atoms with van der Waals surface area (Å²) in [4.78, 5) is 8.85. The molecule has 0 aliphatic rings. The van der Waals surface area contributed by atoms with Crippen molar-refractivity contribution in [1.82, 2.24) is 19.7 Å². The van der Waals surface area contributed by atoms with Gasteiger partial charge < -0.3 is 13.8 Å². The van der Waals surface area contributed by atoms with E-state index in [1.165, 1.54) is 6.26 Å². The van der Waals surface area contributed by atoms with Crippen molar-refractivity contribution < 1.29 is 9.26 Å². The maximum atomic E-state index is 5.93. The lowest BCUT2D eigenvalue weighted by Gasteiger charge is -2.05. The summed E-state index contributed by atoms with van der Waals surface area (Å²) < 4.78 is 11.9. The summed E-state index contributed by atoms with van der Waals surface area (Å²) in [7, 11) is 1.58. The Hall–Kier alpha value is -2.08. The lowest BCUT2D eigenvalue weighted by molar-refractivity contribution is 0.398. The standard InChI is InChI=1S/C12H11ClN4O2/c1-18-11-3-2-9-12(15-11)17(10(6-13)14-9)7-8-4-5-19-16-8/h2-5H,6-7H2,1H3. The number of hydrogen-bond donors (Lipinski definition) is 0. The van der Waals surface area contributed by atoms with E-state index in [1.54, 1.807) is 19.2 Å². The molecule has 0 bridgehead atoms. The molecule has 0 aliphatic heterocycles. The molecule has 19 heavy (non-hydrogen) atoms. The lowest BCUT2D eigenvalue weighted by Crippen LogP contribution is -2.05. The van der Waals surface area contributed by atoms with Crippen molar-refractivity contribution in [2.24, 2.45) is 0 Å². The molecule has 0 aromatic carbocycles. The molecule has 0 unspecified atom stereocenters. The molecule has 3 rings (SSSR count). The normalized spacial score (nSPS) is 11.1. The van der Waals surface area contributed by atoms with Gasteiger partial charge in [0.25, 0.3) is 0 Å². The average Bonchev–Trinajstić information content (AvgIpc) is 3.07. The maximum absolute atomic E-state index is 5.93. The van der Waals surface area contributed by atoms with Crippen LogP contribution in [0.4, 0.5) is 0 Å². The molecule has 0 N–H and O–H groups in total. The van der Waals surface area contributed by atoms with Crippen molar-refractivity contribution in [2.75, 3.05) is 7.11 Å². The molecule has 0 saturated carbocycles. The number of rotatable bonds is 4. The first-order valence-electron chi connectivity index (χ1n) is 5.67. The summed E-state index contributed by atoms with van der Waals surface area (Å²) >= 11 is 5.93. The molecule has 0 radical (unpaired) electrons. The summed E-state index contributed by atoms with van der Waals surface area (Å²) in [6, 6.07) is 5.42. The summed E-state index contributed by atoms with van der Waals surface area (Å²) in [6.45, 7) is 0.509. The van der Waals surface area contributed by atoms with Crippen molar-refractivity contribution in [1.29, 1.82) is 0 Å². The number of nitrogens with zero attached hydrogens (tertiary/aromatic N) is 4. The van der Waals surface area contributed by atoms with Gasteiger partial charge in [-0.25, -0.2) is 4.98 Å². The maximum Gasteiger partial charge on any atom is 0.215 e. The van der Waals surface area contributed by atoms with Crippen LogP contribution in [0.25, 0.3) is 11.2 Å². The smallest absolute Gasteiger partial charge is 0.215 e. The average molecular weight is 279 g/mol. The predicted molar refractivity (Wildman–Crippen MR) is 69.2 cm³/mol. The zero-order valence-corrected chi connectivity index (χ0v) is 11.0. The van der Waals surface area contributed by atoms with Gasteiger partial charge in [0.15, 0.2) is 5.65 Å². The summed E-state index contributed by atoms with van der Waals surface area (Å²) in [6.07, 6.45) is 1.53. The Labute approximate surface area is 114 Å². The monoisotopic (exact) mass is 278 g/mol. The Morgan fingerprint density at radius 3 is 2.89 bits per heavy atom. The van der Waals surface area contributed by atoms with Gasteiger partial charge in [-0.3, -0.25) is 0 Å². The van der Waals surface area contributed by atoms with Crippen LogP contribution >= 0.6 is 11.6 Å². The first kappa shape index (κ1) is 12.0. The van der Waals surface area contributed by atoms with Crippen LogP contribution < -0.4 is 4.74 Å². The van der Waals surface area contributed by atoms with Crippen LogP contribution in [0.5, 0.6) is 5.88 Å². The molecule has 6 nitrogen and oxygen atoms in total. The van der Waals surface area contributed by atoms with Crippen LogP contribution in [0.15, 0.2) is 29.0 Å². The Bertz CT molecular complexity index is 693. The molecule has 0 atom stereocenters. The zero-order chi connectivity index (χ0) is 13.2. The van der Waals surface area contributed by atoms with Gasteiger partial charge in [0, 0.05) is 12.1 Å². The van der Waals surface area contributed by atoms with Crippen LogP contribution in [0.2, 0.25) is 0 Å². The fourth-order valence-electron chi connectivity index (χ4n) is 1.89. The Kier molecular flexibility index (Phi) is 3.08. The number of alkyl halides is 1. The van der Waals surface area contributed by atoms with E-state index in [0.29, 0.717) is 18.3 Å². The predicted octanol–water partition coefficient (Wildman–Crippen LogP) is 2.21. The summed E-state index contributed by atoms with van der Waals surface area (Å²) in [5, 5.41) is 3.89. The summed E-state index contributed by atoms with van der Waals surface area (Å²) in [5.41, 5.74) is 2.29.